The third kappa shape index (κ3) is 5.77. The maximum absolute atomic E-state index is 12.1. The van der Waals surface area contributed by atoms with Crippen LogP contribution in [0.25, 0.3) is 0 Å². The summed E-state index contributed by atoms with van der Waals surface area (Å²) in [6.07, 6.45) is 0.870. The van der Waals surface area contributed by atoms with E-state index in [0.29, 0.717) is 16.5 Å². The number of thioether (sulfide) groups is 1. The first-order valence-electron chi connectivity index (χ1n) is 8.68. The fraction of sp³-hybridized carbons (Fsp3) is 0.421. The van der Waals surface area contributed by atoms with Gasteiger partial charge >= 0.3 is 0 Å². The summed E-state index contributed by atoms with van der Waals surface area (Å²) >= 11 is 7.47. The van der Waals surface area contributed by atoms with Gasteiger partial charge in [-0.15, -0.1) is 0 Å². The summed E-state index contributed by atoms with van der Waals surface area (Å²) in [5, 5.41) is 4.26. The average molecular weight is 395 g/mol. The molecule has 1 saturated heterocycles. The highest BCUT2D eigenvalue weighted by Crippen LogP contribution is 2.23. The molecule has 2 aromatic rings. The number of carbonyl (C=O) groups excluding carboxylic acids is 1. The zero-order valence-corrected chi connectivity index (χ0v) is 16.4. The van der Waals surface area contributed by atoms with Crippen molar-refractivity contribution < 1.29 is 13.9 Å². The van der Waals surface area contributed by atoms with Crippen molar-refractivity contribution in [2.24, 2.45) is 0 Å². The van der Waals surface area contributed by atoms with Crippen LogP contribution in [-0.4, -0.2) is 49.4 Å². The molecule has 0 radical (unpaired) electrons. The number of benzene rings is 1. The molecule has 140 valence electrons. The molecular weight excluding hydrogens is 372 g/mol. The van der Waals surface area contributed by atoms with Crippen LogP contribution in [0.4, 0.5) is 5.69 Å². The first-order valence-corrected chi connectivity index (χ1v) is 10.0. The quantitative estimate of drug-likeness (QED) is 0.723. The third-order valence-electron chi connectivity index (χ3n) is 4.22. The largest absolute Gasteiger partial charge is 0.455 e. The lowest BCUT2D eigenvalue weighted by molar-refractivity contribution is -0.113. The molecule has 0 saturated carbocycles. The van der Waals surface area contributed by atoms with Gasteiger partial charge in [0.25, 0.3) is 0 Å². The Balaban J connectivity index is 1.42. The van der Waals surface area contributed by atoms with Crippen molar-refractivity contribution in [1.82, 2.24) is 4.90 Å². The molecule has 0 unspecified atom stereocenters. The lowest BCUT2D eigenvalue weighted by atomic mass is 10.2. The highest BCUT2D eigenvalue weighted by molar-refractivity contribution is 7.99. The van der Waals surface area contributed by atoms with Gasteiger partial charge in [-0.2, -0.15) is 0 Å². The number of morpholine rings is 1. The maximum atomic E-state index is 12.1. The topological polar surface area (TPSA) is 54.7 Å². The number of rotatable bonds is 7. The minimum absolute atomic E-state index is 0.0822. The second-order valence-corrected chi connectivity index (χ2v) is 7.61. The number of nitrogens with zero attached hydrogens (tertiary/aromatic N) is 1. The van der Waals surface area contributed by atoms with Crippen molar-refractivity contribution >= 4 is 35.0 Å². The molecular formula is C19H23ClN2O3S. The van der Waals surface area contributed by atoms with Crippen LogP contribution in [0.15, 0.2) is 39.8 Å². The number of hydrogen-bond acceptors (Lipinski definition) is 5. The molecule has 0 bridgehead atoms. The highest BCUT2D eigenvalue weighted by atomic mass is 35.5. The van der Waals surface area contributed by atoms with Crippen molar-refractivity contribution in [2.45, 2.75) is 18.4 Å². The summed E-state index contributed by atoms with van der Waals surface area (Å²) < 4.78 is 11.2. The third-order valence-corrected chi connectivity index (χ3v) is 5.53. The van der Waals surface area contributed by atoms with Gasteiger partial charge in [0, 0.05) is 36.8 Å². The molecule has 1 aliphatic rings. The molecule has 26 heavy (non-hydrogen) atoms. The van der Waals surface area contributed by atoms with Crippen LogP contribution >= 0.6 is 23.4 Å². The van der Waals surface area contributed by atoms with Gasteiger partial charge < -0.3 is 14.5 Å². The van der Waals surface area contributed by atoms with E-state index in [2.05, 4.69) is 10.2 Å². The number of ether oxygens (including phenoxy) is 1. The lowest BCUT2D eigenvalue weighted by Gasteiger charge is -2.25. The maximum Gasteiger partial charge on any atom is 0.234 e. The second-order valence-electron chi connectivity index (χ2n) is 6.23. The van der Waals surface area contributed by atoms with E-state index in [4.69, 9.17) is 20.8 Å². The second kappa shape index (κ2) is 9.46. The van der Waals surface area contributed by atoms with Crippen molar-refractivity contribution in [1.29, 1.82) is 0 Å². The molecule has 1 aliphatic heterocycles. The van der Waals surface area contributed by atoms with Gasteiger partial charge in [0.2, 0.25) is 5.91 Å². The fourth-order valence-electron chi connectivity index (χ4n) is 2.67. The molecule has 5 nitrogen and oxygen atoms in total. The van der Waals surface area contributed by atoms with E-state index < -0.39 is 0 Å². The predicted molar refractivity (Wildman–Crippen MR) is 105 cm³/mol. The molecule has 1 fully saturated rings. The van der Waals surface area contributed by atoms with Gasteiger partial charge in [0.1, 0.15) is 5.76 Å². The molecule has 1 aromatic heterocycles. The zero-order valence-electron chi connectivity index (χ0n) is 14.8. The van der Waals surface area contributed by atoms with Gasteiger partial charge in [-0.1, -0.05) is 29.4 Å². The van der Waals surface area contributed by atoms with Gasteiger partial charge in [-0.3, -0.25) is 9.69 Å². The van der Waals surface area contributed by atoms with Gasteiger partial charge in [0.05, 0.1) is 19.0 Å². The van der Waals surface area contributed by atoms with Gasteiger partial charge in [0.15, 0.2) is 5.09 Å². The Bertz CT molecular complexity index is 744. The van der Waals surface area contributed by atoms with E-state index in [1.807, 2.05) is 31.2 Å². The number of hydrogen-bond donors (Lipinski definition) is 1. The van der Waals surface area contributed by atoms with E-state index in [1.165, 1.54) is 11.8 Å². The van der Waals surface area contributed by atoms with E-state index in [0.717, 1.165) is 55.7 Å². The van der Waals surface area contributed by atoms with E-state index in [-0.39, 0.29) is 5.91 Å². The van der Waals surface area contributed by atoms with Crippen LogP contribution in [-0.2, 0) is 16.0 Å². The van der Waals surface area contributed by atoms with Crippen LogP contribution < -0.4 is 5.32 Å². The summed E-state index contributed by atoms with van der Waals surface area (Å²) in [6.45, 7) is 6.46. The molecule has 2 heterocycles. The SMILES string of the molecule is Cc1ccc(NC(=O)CSc2ccc(CCN3CCOCC3)o2)cc1Cl. The van der Waals surface area contributed by atoms with E-state index in [9.17, 15) is 4.79 Å². The zero-order chi connectivity index (χ0) is 18.4. The fourth-order valence-corrected chi connectivity index (χ4v) is 3.52. The molecule has 1 amide bonds. The molecule has 0 aliphatic carbocycles. The van der Waals surface area contributed by atoms with Crippen LogP contribution in [0, 0.1) is 6.92 Å². The Morgan fingerprint density at radius 1 is 1.27 bits per heavy atom. The number of anilines is 1. The number of aryl methyl sites for hydroxylation is 1. The molecule has 0 atom stereocenters. The van der Waals surface area contributed by atoms with Crippen molar-refractivity contribution in [3.63, 3.8) is 0 Å². The van der Waals surface area contributed by atoms with Crippen molar-refractivity contribution in [3.05, 3.63) is 46.7 Å². The van der Waals surface area contributed by atoms with Gasteiger partial charge in [-0.25, -0.2) is 0 Å². The Labute approximate surface area is 163 Å². The van der Waals surface area contributed by atoms with Crippen LogP contribution in [0.1, 0.15) is 11.3 Å². The van der Waals surface area contributed by atoms with Crippen LogP contribution in [0.2, 0.25) is 5.02 Å². The van der Waals surface area contributed by atoms with Gasteiger partial charge in [-0.05, 0) is 36.8 Å². The smallest absolute Gasteiger partial charge is 0.234 e. The monoisotopic (exact) mass is 394 g/mol. The summed E-state index contributed by atoms with van der Waals surface area (Å²) in [4.78, 5) is 14.5. The predicted octanol–water partition coefficient (Wildman–Crippen LogP) is 3.85. The number of amides is 1. The summed E-state index contributed by atoms with van der Waals surface area (Å²) in [5.74, 6) is 1.16. The van der Waals surface area contributed by atoms with Crippen LogP contribution in [0.3, 0.4) is 0 Å². The number of nitrogens with one attached hydrogen (secondary N) is 1. The summed E-state index contributed by atoms with van der Waals surface area (Å²) in [5.41, 5.74) is 1.69. The number of carbonyl (C=O) groups is 1. The Hall–Kier alpha value is -1.47. The molecule has 3 rings (SSSR count). The van der Waals surface area contributed by atoms with Crippen molar-refractivity contribution in [3.8, 4) is 0 Å². The van der Waals surface area contributed by atoms with Crippen molar-refractivity contribution in [2.75, 3.05) is 43.9 Å². The molecule has 1 N–H and O–H groups in total. The molecule has 0 spiro atoms. The Morgan fingerprint density at radius 3 is 2.85 bits per heavy atom. The Kier molecular flexibility index (Phi) is 7.02. The standard InChI is InChI=1S/C19H23ClN2O3S/c1-14-2-3-15(12-17(14)20)21-18(23)13-26-19-5-4-16(25-19)6-7-22-8-10-24-11-9-22/h2-5,12H,6-11,13H2,1H3,(H,21,23). The summed E-state index contributed by atoms with van der Waals surface area (Å²) in [6, 6.07) is 9.41. The van der Waals surface area contributed by atoms with E-state index >= 15 is 0 Å². The average Bonchev–Trinajstić information content (AvgIpc) is 3.10. The Morgan fingerprint density at radius 2 is 2.08 bits per heavy atom. The first-order chi connectivity index (χ1) is 12.6. The number of furan rings is 1. The lowest BCUT2D eigenvalue weighted by Crippen LogP contribution is -2.37. The minimum atomic E-state index is -0.0822. The highest BCUT2D eigenvalue weighted by Gasteiger charge is 2.12. The minimum Gasteiger partial charge on any atom is -0.455 e. The normalized spacial score (nSPS) is 15.2. The number of halogens is 1. The first kappa shape index (κ1) is 19.3. The molecule has 1 aromatic carbocycles. The van der Waals surface area contributed by atoms with E-state index in [1.54, 1.807) is 6.07 Å². The summed E-state index contributed by atoms with van der Waals surface area (Å²) in [7, 11) is 0. The van der Waals surface area contributed by atoms with Crippen LogP contribution in [0.5, 0.6) is 0 Å². The molecule has 7 heteroatoms.